The Balaban J connectivity index is 2.60. The number of carbonyl (C=O) groups excluding carboxylic acids is 1. The van der Waals surface area contributed by atoms with Crippen molar-refractivity contribution in [1.82, 2.24) is 5.32 Å². The van der Waals surface area contributed by atoms with Crippen molar-refractivity contribution in [3.63, 3.8) is 0 Å². The van der Waals surface area contributed by atoms with Crippen LogP contribution >= 0.6 is 0 Å². The predicted octanol–water partition coefficient (Wildman–Crippen LogP) is 0.447. The van der Waals surface area contributed by atoms with E-state index < -0.39 is 10.8 Å². The number of hydrogen-bond donors (Lipinski definition) is 2. The minimum Gasteiger partial charge on any atom is -0.398 e. The number of rotatable bonds is 6. The molecule has 0 bridgehead atoms. The molecule has 0 aliphatic heterocycles. The lowest BCUT2D eigenvalue weighted by atomic mass is 10.2. The van der Waals surface area contributed by atoms with Crippen LogP contribution in [-0.4, -0.2) is 36.1 Å². The number of nitrogens with one attached hydrogen (secondary N) is 1. The molecule has 0 saturated heterocycles. The maximum Gasteiger partial charge on any atom is 0.233 e. The number of ether oxygens (including phenoxy) is 1. The van der Waals surface area contributed by atoms with Gasteiger partial charge in [-0.05, 0) is 18.6 Å². The van der Waals surface area contributed by atoms with Gasteiger partial charge in [0.1, 0.15) is 5.75 Å². The van der Waals surface area contributed by atoms with E-state index in [2.05, 4.69) is 5.32 Å². The Morgan fingerprint density at radius 3 is 2.89 bits per heavy atom. The predicted molar refractivity (Wildman–Crippen MR) is 71.8 cm³/mol. The first-order chi connectivity index (χ1) is 8.56. The van der Waals surface area contributed by atoms with Crippen LogP contribution in [0.3, 0.4) is 0 Å². The monoisotopic (exact) mass is 270 g/mol. The van der Waals surface area contributed by atoms with Crippen LogP contribution in [0, 0.1) is 6.92 Å². The molecule has 6 heteroatoms. The number of hydrogen-bond acceptors (Lipinski definition) is 4. The molecule has 0 spiro atoms. The SMILES string of the molecule is COCCNC(=O)CS(=O)c1cccc(C)c1N. The second-order valence-electron chi connectivity index (χ2n) is 3.82. The minimum absolute atomic E-state index is 0.0859. The molecule has 1 rings (SSSR count). The molecule has 0 aromatic heterocycles. The molecular formula is C12H18N2O3S. The highest BCUT2D eigenvalue weighted by atomic mass is 32.2. The molecule has 0 aliphatic rings. The molecule has 0 fully saturated rings. The van der Waals surface area contributed by atoms with Crippen molar-refractivity contribution in [2.24, 2.45) is 0 Å². The zero-order valence-electron chi connectivity index (χ0n) is 10.6. The van der Waals surface area contributed by atoms with Gasteiger partial charge in [-0.2, -0.15) is 0 Å². The van der Waals surface area contributed by atoms with Crippen molar-refractivity contribution >= 4 is 22.4 Å². The Kier molecular flexibility index (Phi) is 5.80. The van der Waals surface area contributed by atoms with Gasteiger partial charge in [0.05, 0.1) is 28.0 Å². The number of para-hydroxylation sites is 1. The minimum atomic E-state index is -1.42. The van der Waals surface area contributed by atoms with Gasteiger partial charge < -0.3 is 15.8 Å². The molecule has 1 aromatic carbocycles. The van der Waals surface area contributed by atoms with Crippen LogP contribution in [0.2, 0.25) is 0 Å². The molecule has 0 heterocycles. The third-order valence-corrected chi connectivity index (χ3v) is 3.79. The average Bonchev–Trinajstić information content (AvgIpc) is 2.32. The molecule has 1 aromatic rings. The van der Waals surface area contributed by atoms with E-state index in [4.69, 9.17) is 10.5 Å². The summed E-state index contributed by atoms with van der Waals surface area (Å²) in [6.45, 7) is 2.69. The molecule has 0 aliphatic carbocycles. The van der Waals surface area contributed by atoms with E-state index in [-0.39, 0.29) is 11.7 Å². The van der Waals surface area contributed by atoms with E-state index in [0.29, 0.717) is 23.7 Å². The maximum absolute atomic E-state index is 12.0. The summed E-state index contributed by atoms with van der Waals surface area (Å²) in [6, 6.07) is 5.30. The van der Waals surface area contributed by atoms with E-state index in [1.54, 1.807) is 19.2 Å². The van der Waals surface area contributed by atoms with Gasteiger partial charge in [0.15, 0.2) is 0 Å². The van der Waals surface area contributed by atoms with Crippen molar-refractivity contribution in [1.29, 1.82) is 0 Å². The number of benzene rings is 1. The molecule has 100 valence electrons. The summed E-state index contributed by atoms with van der Waals surface area (Å²) in [4.78, 5) is 12.0. The number of amides is 1. The molecular weight excluding hydrogens is 252 g/mol. The highest BCUT2D eigenvalue weighted by Crippen LogP contribution is 2.20. The largest absolute Gasteiger partial charge is 0.398 e. The van der Waals surface area contributed by atoms with Gasteiger partial charge in [-0.15, -0.1) is 0 Å². The van der Waals surface area contributed by atoms with Gasteiger partial charge in [-0.1, -0.05) is 12.1 Å². The van der Waals surface area contributed by atoms with E-state index in [9.17, 15) is 9.00 Å². The van der Waals surface area contributed by atoms with Crippen molar-refractivity contribution in [3.8, 4) is 0 Å². The number of anilines is 1. The second-order valence-corrected chi connectivity index (χ2v) is 5.24. The third-order valence-electron chi connectivity index (χ3n) is 2.42. The lowest BCUT2D eigenvalue weighted by molar-refractivity contribution is -0.118. The lowest BCUT2D eigenvalue weighted by Gasteiger charge is -2.08. The summed E-state index contributed by atoms with van der Waals surface area (Å²) in [5, 5.41) is 2.62. The highest BCUT2D eigenvalue weighted by molar-refractivity contribution is 7.86. The molecule has 5 nitrogen and oxygen atoms in total. The molecule has 1 atom stereocenters. The number of nitrogen functional groups attached to an aromatic ring is 1. The Morgan fingerprint density at radius 1 is 1.50 bits per heavy atom. The van der Waals surface area contributed by atoms with E-state index in [0.717, 1.165) is 5.56 Å². The van der Waals surface area contributed by atoms with Crippen LogP contribution in [0.4, 0.5) is 5.69 Å². The Labute approximate surface area is 109 Å². The van der Waals surface area contributed by atoms with Gasteiger partial charge in [-0.3, -0.25) is 9.00 Å². The quantitative estimate of drug-likeness (QED) is 0.581. The summed E-state index contributed by atoms with van der Waals surface area (Å²) >= 11 is 0. The Hall–Kier alpha value is -1.40. The van der Waals surface area contributed by atoms with Crippen LogP contribution in [0.25, 0.3) is 0 Å². The van der Waals surface area contributed by atoms with Crippen molar-refractivity contribution in [3.05, 3.63) is 23.8 Å². The van der Waals surface area contributed by atoms with Gasteiger partial charge in [0.25, 0.3) is 0 Å². The number of methoxy groups -OCH3 is 1. The summed E-state index contributed by atoms with van der Waals surface area (Å²) < 4.78 is 16.8. The second kappa shape index (κ2) is 7.13. The van der Waals surface area contributed by atoms with E-state index >= 15 is 0 Å². The summed E-state index contributed by atoms with van der Waals surface area (Å²) in [5.41, 5.74) is 7.18. The van der Waals surface area contributed by atoms with Gasteiger partial charge in [0, 0.05) is 13.7 Å². The zero-order valence-corrected chi connectivity index (χ0v) is 11.4. The van der Waals surface area contributed by atoms with Gasteiger partial charge in [-0.25, -0.2) is 0 Å². The number of nitrogens with two attached hydrogens (primary N) is 1. The average molecular weight is 270 g/mol. The van der Waals surface area contributed by atoms with Crippen LogP contribution in [0.15, 0.2) is 23.1 Å². The summed E-state index contributed by atoms with van der Waals surface area (Å²) in [6.07, 6.45) is 0. The van der Waals surface area contributed by atoms with Crippen LogP contribution in [-0.2, 0) is 20.3 Å². The maximum atomic E-state index is 12.0. The van der Waals surface area contributed by atoms with Crippen molar-refractivity contribution in [2.45, 2.75) is 11.8 Å². The highest BCUT2D eigenvalue weighted by Gasteiger charge is 2.13. The topological polar surface area (TPSA) is 81.4 Å². The van der Waals surface area contributed by atoms with Crippen LogP contribution in [0.5, 0.6) is 0 Å². The lowest BCUT2D eigenvalue weighted by Crippen LogP contribution is -2.31. The molecule has 18 heavy (non-hydrogen) atoms. The van der Waals surface area contributed by atoms with Crippen LogP contribution < -0.4 is 11.1 Å². The molecule has 1 amide bonds. The number of aryl methyl sites for hydroxylation is 1. The van der Waals surface area contributed by atoms with Crippen molar-refractivity contribution in [2.75, 3.05) is 31.7 Å². The fourth-order valence-corrected chi connectivity index (χ4v) is 2.52. The first-order valence-corrected chi connectivity index (χ1v) is 6.87. The van der Waals surface area contributed by atoms with E-state index in [1.807, 2.05) is 13.0 Å². The Bertz CT molecular complexity index is 449. The fourth-order valence-electron chi connectivity index (χ4n) is 1.39. The van der Waals surface area contributed by atoms with Crippen LogP contribution in [0.1, 0.15) is 5.56 Å². The molecule has 0 radical (unpaired) electrons. The number of carbonyl (C=O) groups is 1. The molecule has 0 saturated carbocycles. The Morgan fingerprint density at radius 2 is 2.22 bits per heavy atom. The molecule has 1 unspecified atom stereocenters. The summed E-state index contributed by atoms with van der Waals surface area (Å²) in [7, 11) is 0.135. The van der Waals surface area contributed by atoms with E-state index in [1.165, 1.54) is 0 Å². The molecule has 3 N–H and O–H groups in total. The van der Waals surface area contributed by atoms with Crippen molar-refractivity contribution < 1.29 is 13.7 Å². The zero-order chi connectivity index (χ0) is 13.5. The fraction of sp³-hybridized carbons (Fsp3) is 0.417. The first kappa shape index (κ1) is 14.7. The standard InChI is InChI=1S/C12H18N2O3S/c1-9-4-3-5-10(12(9)13)18(16)8-11(15)14-6-7-17-2/h3-5H,6-8,13H2,1-2H3,(H,14,15). The third kappa shape index (κ3) is 4.12. The van der Waals surface area contributed by atoms with Gasteiger partial charge >= 0.3 is 0 Å². The normalized spacial score (nSPS) is 12.1. The summed E-state index contributed by atoms with van der Waals surface area (Å²) in [5.74, 6) is -0.358. The van der Waals surface area contributed by atoms with Gasteiger partial charge in [0.2, 0.25) is 5.91 Å². The smallest absolute Gasteiger partial charge is 0.233 e. The first-order valence-electron chi connectivity index (χ1n) is 5.55.